The number of ether oxygens (including phenoxy) is 1. The molecule has 0 heterocycles. The summed E-state index contributed by atoms with van der Waals surface area (Å²) in [5.41, 5.74) is 8.33. The average molecular weight is 331 g/mol. The van der Waals surface area contributed by atoms with E-state index in [1.165, 1.54) is 5.56 Å². The third-order valence-electron chi connectivity index (χ3n) is 2.88. The molecule has 4 heteroatoms. The highest BCUT2D eigenvalue weighted by atomic mass is 79.9. The predicted molar refractivity (Wildman–Crippen MR) is 82.4 cm³/mol. The number of benzene rings is 2. The van der Waals surface area contributed by atoms with Crippen LogP contribution in [0.2, 0.25) is 0 Å². The first-order chi connectivity index (χ1) is 9.72. The van der Waals surface area contributed by atoms with Gasteiger partial charge in [-0.2, -0.15) is 5.26 Å². The Kier molecular flexibility index (Phi) is 5.16. The molecule has 0 spiro atoms. The van der Waals surface area contributed by atoms with Gasteiger partial charge in [-0.1, -0.05) is 18.2 Å². The molecule has 0 aliphatic rings. The molecule has 0 unspecified atom stereocenters. The lowest BCUT2D eigenvalue weighted by Crippen LogP contribution is -2.03. The van der Waals surface area contributed by atoms with Gasteiger partial charge in [-0.3, -0.25) is 0 Å². The normalized spacial score (nSPS) is 10.1. The maximum Gasteiger partial charge on any atom is 0.134 e. The molecule has 0 fully saturated rings. The maximum absolute atomic E-state index is 8.86. The van der Waals surface area contributed by atoms with Gasteiger partial charge in [0.05, 0.1) is 16.1 Å². The number of hydrogen-bond donors (Lipinski definition) is 1. The van der Waals surface area contributed by atoms with Crippen LogP contribution in [0.25, 0.3) is 0 Å². The van der Waals surface area contributed by atoms with Gasteiger partial charge < -0.3 is 10.5 Å². The third kappa shape index (κ3) is 3.83. The van der Waals surface area contributed by atoms with Crippen molar-refractivity contribution in [2.75, 3.05) is 6.54 Å². The molecule has 0 radical (unpaired) electrons. The van der Waals surface area contributed by atoms with Crippen LogP contribution in [0, 0.1) is 11.3 Å². The molecule has 20 heavy (non-hydrogen) atoms. The third-order valence-corrected chi connectivity index (χ3v) is 3.50. The Morgan fingerprint density at radius 3 is 2.70 bits per heavy atom. The topological polar surface area (TPSA) is 59.0 Å². The van der Waals surface area contributed by atoms with Crippen LogP contribution in [-0.4, -0.2) is 6.54 Å². The zero-order valence-electron chi connectivity index (χ0n) is 11.0. The van der Waals surface area contributed by atoms with E-state index in [1.807, 2.05) is 36.4 Å². The molecule has 0 aromatic heterocycles. The Morgan fingerprint density at radius 2 is 2.00 bits per heavy atom. The Balaban J connectivity index is 2.05. The minimum Gasteiger partial charge on any atom is -0.488 e. The van der Waals surface area contributed by atoms with Gasteiger partial charge in [0.1, 0.15) is 12.4 Å². The zero-order valence-corrected chi connectivity index (χ0v) is 12.6. The first kappa shape index (κ1) is 14.6. The molecule has 0 aliphatic carbocycles. The van der Waals surface area contributed by atoms with E-state index in [0.29, 0.717) is 18.7 Å². The fraction of sp³-hybridized carbons (Fsp3) is 0.188. The molecule has 2 N–H and O–H groups in total. The number of rotatable bonds is 5. The molecule has 0 saturated carbocycles. The summed E-state index contributed by atoms with van der Waals surface area (Å²) >= 11 is 3.50. The SMILES string of the molecule is N#Cc1cccc(COc2ccc(CCN)cc2Br)c1. The van der Waals surface area contributed by atoms with Crippen LogP contribution >= 0.6 is 15.9 Å². The molecule has 2 aromatic carbocycles. The summed E-state index contributed by atoms with van der Waals surface area (Å²) in [6.07, 6.45) is 0.850. The zero-order chi connectivity index (χ0) is 14.4. The molecular formula is C16H15BrN2O. The Labute approximate surface area is 127 Å². The number of nitriles is 1. The molecule has 0 amide bonds. The smallest absolute Gasteiger partial charge is 0.134 e. The molecule has 2 rings (SSSR count). The molecule has 0 atom stereocenters. The predicted octanol–water partition coefficient (Wildman–Crippen LogP) is 3.40. The van der Waals surface area contributed by atoms with Crippen LogP contribution in [0.1, 0.15) is 16.7 Å². The standard InChI is InChI=1S/C16H15BrN2O/c17-15-9-12(6-7-18)4-5-16(15)20-11-14-3-1-2-13(8-14)10-19/h1-5,8-9H,6-7,11,18H2. The summed E-state index contributed by atoms with van der Waals surface area (Å²) in [4.78, 5) is 0. The molecular weight excluding hydrogens is 316 g/mol. The molecule has 2 aromatic rings. The number of nitrogens with zero attached hydrogens (tertiary/aromatic N) is 1. The first-order valence-corrected chi connectivity index (χ1v) is 7.12. The van der Waals surface area contributed by atoms with E-state index < -0.39 is 0 Å². The van der Waals surface area contributed by atoms with Crippen LogP contribution in [0.4, 0.5) is 0 Å². The van der Waals surface area contributed by atoms with Gasteiger partial charge >= 0.3 is 0 Å². The molecule has 0 saturated heterocycles. The molecule has 102 valence electrons. The largest absolute Gasteiger partial charge is 0.488 e. The molecule has 3 nitrogen and oxygen atoms in total. The van der Waals surface area contributed by atoms with Gasteiger partial charge in [0.25, 0.3) is 0 Å². The van der Waals surface area contributed by atoms with Crippen LogP contribution < -0.4 is 10.5 Å². The Bertz CT molecular complexity index is 635. The summed E-state index contributed by atoms with van der Waals surface area (Å²) in [6, 6.07) is 15.5. The van der Waals surface area contributed by atoms with E-state index in [2.05, 4.69) is 22.0 Å². The lowest BCUT2D eigenvalue weighted by molar-refractivity contribution is 0.304. The fourth-order valence-corrected chi connectivity index (χ4v) is 2.42. The Hall–Kier alpha value is -1.83. The molecule has 0 aliphatic heterocycles. The van der Waals surface area contributed by atoms with Gasteiger partial charge in [-0.25, -0.2) is 0 Å². The van der Waals surface area contributed by atoms with Crippen molar-refractivity contribution in [1.29, 1.82) is 5.26 Å². The molecule has 0 bridgehead atoms. The summed E-state index contributed by atoms with van der Waals surface area (Å²) in [5, 5.41) is 8.86. The van der Waals surface area contributed by atoms with Crippen LogP contribution in [-0.2, 0) is 13.0 Å². The van der Waals surface area contributed by atoms with Gasteiger partial charge in [-0.15, -0.1) is 0 Å². The Morgan fingerprint density at radius 1 is 1.15 bits per heavy atom. The van der Waals surface area contributed by atoms with Crippen molar-refractivity contribution in [3.63, 3.8) is 0 Å². The van der Waals surface area contributed by atoms with Crippen LogP contribution in [0.15, 0.2) is 46.9 Å². The second kappa shape index (κ2) is 7.09. The summed E-state index contributed by atoms with van der Waals surface area (Å²) in [6.45, 7) is 1.07. The van der Waals surface area contributed by atoms with Crippen molar-refractivity contribution in [2.24, 2.45) is 5.73 Å². The number of halogens is 1. The lowest BCUT2D eigenvalue weighted by Gasteiger charge is -2.10. The van der Waals surface area contributed by atoms with E-state index in [4.69, 9.17) is 15.7 Å². The van der Waals surface area contributed by atoms with Crippen molar-refractivity contribution in [3.8, 4) is 11.8 Å². The van der Waals surface area contributed by atoms with Crippen molar-refractivity contribution in [3.05, 3.63) is 63.6 Å². The summed E-state index contributed by atoms with van der Waals surface area (Å²) < 4.78 is 6.68. The second-order valence-corrected chi connectivity index (χ2v) is 5.26. The lowest BCUT2D eigenvalue weighted by atomic mass is 10.1. The van der Waals surface area contributed by atoms with Crippen molar-refractivity contribution < 1.29 is 4.74 Å². The minimum atomic E-state index is 0.435. The van der Waals surface area contributed by atoms with Crippen molar-refractivity contribution in [1.82, 2.24) is 0 Å². The quantitative estimate of drug-likeness (QED) is 0.913. The fourth-order valence-electron chi connectivity index (χ4n) is 1.88. The van der Waals surface area contributed by atoms with Crippen molar-refractivity contribution in [2.45, 2.75) is 13.0 Å². The van der Waals surface area contributed by atoms with Gasteiger partial charge in [0.15, 0.2) is 0 Å². The highest BCUT2D eigenvalue weighted by molar-refractivity contribution is 9.10. The van der Waals surface area contributed by atoms with E-state index in [0.717, 1.165) is 22.2 Å². The van der Waals surface area contributed by atoms with E-state index >= 15 is 0 Å². The van der Waals surface area contributed by atoms with Gasteiger partial charge in [0, 0.05) is 0 Å². The van der Waals surface area contributed by atoms with Gasteiger partial charge in [0.2, 0.25) is 0 Å². The van der Waals surface area contributed by atoms with Crippen molar-refractivity contribution >= 4 is 15.9 Å². The van der Waals surface area contributed by atoms with E-state index in [1.54, 1.807) is 6.07 Å². The van der Waals surface area contributed by atoms with E-state index in [9.17, 15) is 0 Å². The summed E-state index contributed by atoms with van der Waals surface area (Å²) in [7, 11) is 0. The maximum atomic E-state index is 8.86. The van der Waals surface area contributed by atoms with Gasteiger partial charge in [-0.05, 0) is 64.3 Å². The summed E-state index contributed by atoms with van der Waals surface area (Å²) in [5.74, 6) is 0.785. The van der Waals surface area contributed by atoms with E-state index in [-0.39, 0.29) is 0 Å². The first-order valence-electron chi connectivity index (χ1n) is 6.33. The number of nitrogens with two attached hydrogens (primary N) is 1. The second-order valence-electron chi connectivity index (χ2n) is 4.40. The highest BCUT2D eigenvalue weighted by Gasteiger charge is 2.03. The minimum absolute atomic E-state index is 0.435. The highest BCUT2D eigenvalue weighted by Crippen LogP contribution is 2.27. The average Bonchev–Trinajstić information content (AvgIpc) is 2.47. The number of hydrogen-bond acceptors (Lipinski definition) is 3. The van der Waals surface area contributed by atoms with Crippen LogP contribution in [0.3, 0.4) is 0 Å². The monoisotopic (exact) mass is 330 g/mol. The van der Waals surface area contributed by atoms with Crippen LogP contribution in [0.5, 0.6) is 5.75 Å².